The van der Waals surface area contributed by atoms with Crippen LogP contribution in [0.25, 0.3) is 10.9 Å². The fourth-order valence-electron chi connectivity index (χ4n) is 2.07. The second-order valence-electron chi connectivity index (χ2n) is 4.50. The molecule has 0 bridgehead atoms. The lowest BCUT2D eigenvalue weighted by molar-refractivity contribution is -0.121. The SMILES string of the molecule is Cc1nn(CCC(=O)NCCCO)c2ccccc12. The molecular formula is C14H19N3O2. The van der Waals surface area contributed by atoms with Crippen LogP contribution in [0.4, 0.5) is 0 Å². The quantitative estimate of drug-likeness (QED) is 0.769. The largest absolute Gasteiger partial charge is 0.396 e. The molecule has 0 aliphatic heterocycles. The summed E-state index contributed by atoms with van der Waals surface area (Å²) in [5, 5.41) is 17.0. The van der Waals surface area contributed by atoms with Crippen LogP contribution in [-0.2, 0) is 11.3 Å². The number of nitrogens with one attached hydrogen (secondary N) is 1. The summed E-state index contributed by atoms with van der Waals surface area (Å²) in [4.78, 5) is 11.6. The molecule has 2 aromatic rings. The summed E-state index contributed by atoms with van der Waals surface area (Å²) < 4.78 is 1.87. The molecule has 19 heavy (non-hydrogen) atoms. The standard InChI is InChI=1S/C14H19N3O2/c1-11-12-5-2-3-6-13(12)17(16-11)9-7-14(19)15-8-4-10-18/h2-3,5-6,18H,4,7-10H2,1H3,(H,15,19). The third kappa shape index (κ3) is 3.32. The highest BCUT2D eigenvalue weighted by Gasteiger charge is 2.08. The van der Waals surface area contributed by atoms with E-state index in [9.17, 15) is 4.79 Å². The van der Waals surface area contributed by atoms with Crippen molar-refractivity contribution >= 4 is 16.8 Å². The Morgan fingerprint density at radius 1 is 1.42 bits per heavy atom. The monoisotopic (exact) mass is 261 g/mol. The Morgan fingerprint density at radius 3 is 3.00 bits per heavy atom. The van der Waals surface area contributed by atoms with E-state index in [0.717, 1.165) is 16.6 Å². The maximum absolute atomic E-state index is 11.6. The molecular weight excluding hydrogens is 242 g/mol. The number of fused-ring (bicyclic) bond motifs is 1. The number of aliphatic hydroxyl groups is 1. The number of carbonyl (C=O) groups is 1. The molecule has 5 nitrogen and oxygen atoms in total. The van der Waals surface area contributed by atoms with Gasteiger partial charge in [0.15, 0.2) is 0 Å². The smallest absolute Gasteiger partial charge is 0.221 e. The lowest BCUT2D eigenvalue weighted by Gasteiger charge is -2.05. The van der Waals surface area contributed by atoms with Crippen LogP contribution in [-0.4, -0.2) is 33.9 Å². The number of aliphatic hydroxyl groups excluding tert-OH is 1. The number of hydrogen-bond donors (Lipinski definition) is 2. The molecule has 5 heteroatoms. The van der Waals surface area contributed by atoms with Crippen LogP contribution in [0.2, 0.25) is 0 Å². The summed E-state index contributed by atoms with van der Waals surface area (Å²) in [5.41, 5.74) is 2.04. The minimum atomic E-state index is -0.00863. The van der Waals surface area contributed by atoms with E-state index in [1.807, 2.05) is 35.9 Å². The van der Waals surface area contributed by atoms with E-state index in [1.165, 1.54) is 0 Å². The van der Waals surface area contributed by atoms with E-state index in [2.05, 4.69) is 10.4 Å². The molecule has 0 fully saturated rings. The van der Waals surface area contributed by atoms with Crippen LogP contribution in [0, 0.1) is 6.92 Å². The molecule has 0 atom stereocenters. The van der Waals surface area contributed by atoms with E-state index >= 15 is 0 Å². The van der Waals surface area contributed by atoms with Gasteiger partial charge >= 0.3 is 0 Å². The number of aromatic nitrogens is 2. The zero-order valence-corrected chi connectivity index (χ0v) is 11.1. The minimum absolute atomic E-state index is 0.00863. The van der Waals surface area contributed by atoms with Crippen molar-refractivity contribution < 1.29 is 9.90 Å². The Kier molecular flexibility index (Phi) is 4.52. The number of aryl methyl sites for hydroxylation is 2. The van der Waals surface area contributed by atoms with Crippen LogP contribution in [0.3, 0.4) is 0 Å². The van der Waals surface area contributed by atoms with Crippen molar-refractivity contribution in [2.24, 2.45) is 0 Å². The Bertz CT molecular complexity index is 563. The first-order chi connectivity index (χ1) is 9.22. The van der Waals surface area contributed by atoms with Crippen molar-refractivity contribution in [1.29, 1.82) is 0 Å². The summed E-state index contributed by atoms with van der Waals surface area (Å²) in [6.45, 7) is 3.16. The third-order valence-corrected chi connectivity index (χ3v) is 3.05. The van der Waals surface area contributed by atoms with Crippen LogP contribution < -0.4 is 5.32 Å². The Balaban J connectivity index is 1.96. The number of benzene rings is 1. The lowest BCUT2D eigenvalue weighted by Crippen LogP contribution is -2.26. The normalized spacial score (nSPS) is 10.8. The van der Waals surface area contributed by atoms with Gasteiger partial charge in [0, 0.05) is 25.0 Å². The average molecular weight is 261 g/mol. The Hall–Kier alpha value is -1.88. The number of nitrogens with zero attached hydrogens (tertiary/aromatic N) is 2. The van der Waals surface area contributed by atoms with Gasteiger partial charge in [0.2, 0.25) is 5.91 Å². The van der Waals surface area contributed by atoms with Gasteiger partial charge in [0.25, 0.3) is 0 Å². The van der Waals surface area contributed by atoms with Crippen LogP contribution >= 0.6 is 0 Å². The molecule has 1 heterocycles. The second-order valence-corrected chi connectivity index (χ2v) is 4.50. The van der Waals surface area contributed by atoms with Crippen LogP contribution in [0.5, 0.6) is 0 Å². The zero-order valence-electron chi connectivity index (χ0n) is 11.1. The maximum Gasteiger partial charge on any atom is 0.221 e. The molecule has 102 valence electrons. The van der Waals surface area contributed by atoms with E-state index < -0.39 is 0 Å². The Labute approximate surface area is 112 Å². The van der Waals surface area contributed by atoms with Gasteiger partial charge in [0.05, 0.1) is 17.8 Å². The molecule has 1 aromatic heterocycles. The van der Waals surface area contributed by atoms with Gasteiger partial charge in [-0.25, -0.2) is 0 Å². The van der Waals surface area contributed by atoms with Gasteiger partial charge in [-0.3, -0.25) is 9.48 Å². The van der Waals surface area contributed by atoms with Crippen molar-refractivity contribution in [2.45, 2.75) is 26.3 Å². The first-order valence-electron chi connectivity index (χ1n) is 6.52. The molecule has 0 spiro atoms. The number of para-hydroxylation sites is 1. The average Bonchev–Trinajstić information content (AvgIpc) is 2.74. The predicted octanol–water partition coefficient (Wildman–Crippen LogP) is 1.23. The van der Waals surface area contributed by atoms with E-state index in [-0.39, 0.29) is 12.5 Å². The molecule has 0 saturated heterocycles. The molecule has 0 aliphatic carbocycles. The van der Waals surface area contributed by atoms with Crippen molar-refractivity contribution in [1.82, 2.24) is 15.1 Å². The van der Waals surface area contributed by atoms with Crippen LogP contribution in [0.15, 0.2) is 24.3 Å². The number of rotatable bonds is 6. The van der Waals surface area contributed by atoms with Gasteiger partial charge in [-0.2, -0.15) is 5.10 Å². The van der Waals surface area contributed by atoms with E-state index in [4.69, 9.17) is 5.11 Å². The Morgan fingerprint density at radius 2 is 2.21 bits per heavy atom. The second kappa shape index (κ2) is 6.33. The topological polar surface area (TPSA) is 67.2 Å². The van der Waals surface area contributed by atoms with Gasteiger partial charge < -0.3 is 10.4 Å². The highest BCUT2D eigenvalue weighted by atomic mass is 16.3. The fourth-order valence-corrected chi connectivity index (χ4v) is 2.07. The molecule has 0 unspecified atom stereocenters. The highest BCUT2D eigenvalue weighted by Crippen LogP contribution is 2.17. The van der Waals surface area contributed by atoms with Gasteiger partial charge in [-0.1, -0.05) is 18.2 Å². The van der Waals surface area contributed by atoms with Crippen molar-refractivity contribution in [3.63, 3.8) is 0 Å². The minimum Gasteiger partial charge on any atom is -0.396 e. The van der Waals surface area contributed by atoms with Gasteiger partial charge in [0.1, 0.15) is 0 Å². The number of amides is 1. The molecule has 1 amide bonds. The van der Waals surface area contributed by atoms with Crippen molar-refractivity contribution in [2.75, 3.05) is 13.2 Å². The van der Waals surface area contributed by atoms with Crippen LogP contribution in [0.1, 0.15) is 18.5 Å². The molecule has 2 N–H and O–H groups in total. The molecule has 0 aliphatic rings. The predicted molar refractivity (Wildman–Crippen MR) is 73.8 cm³/mol. The zero-order chi connectivity index (χ0) is 13.7. The highest BCUT2D eigenvalue weighted by molar-refractivity contribution is 5.82. The summed E-state index contributed by atoms with van der Waals surface area (Å²) in [7, 11) is 0. The van der Waals surface area contributed by atoms with E-state index in [1.54, 1.807) is 0 Å². The maximum atomic E-state index is 11.6. The molecule has 0 radical (unpaired) electrons. The molecule has 2 rings (SSSR count). The fraction of sp³-hybridized carbons (Fsp3) is 0.429. The summed E-state index contributed by atoms with van der Waals surface area (Å²) in [6.07, 6.45) is 0.992. The van der Waals surface area contributed by atoms with Crippen molar-refractivity contribution in [3.05, 3.63) is 30.0 Å². The first kappa shape index (κ1) is 13.5. The molecule has 1 aromatic carbocycles. The lowest BCUT2D eigenvalue weighted by atomic mass is 10.2. The van der Waals surface area contributed by atoms with Gasteiger partial charge in [-0.15, -0.1) is 0 Å². The summed E-state index contributed by atoms with van der Waals surface area (Å²) in [5.74, 6) is -0.00863. The van der Waals surface area contributed by atoms with E-state index in [0.29, 0.717) is 25.9 Å². The van der Waals surface area contributed by atoms with Crippen molar-refractivity contribution in [3.8, 4) is 0 Å². The number of carbonyl (C=O) groups excluding carboxylic acids is 1. The summed E-state index contributed by atoms with van der Waals surface area (Å²) in [6, 6.07) is 8.01. The summed E-state index contributed by atoms with van der Waals surface area (Å²) >= 11 is 0. The molecule has 0 saturated carbocycles. The first-order valence-corrected chi connectivity index (χ1v) is 6.52. The third-order valence-electron chi connectivity index (χ3n) is 3.05. The van der Waals surface area contributed by atoms with Gasteiger partial charge in [-0.05, 0) is 19.4 Å². The number of hydrogen-bond acceptors (Lipinski definition) is 3.